The van der Waals surface area contributed by atoms with Crippen molar-refractivity contribution in [1.82, 2.24) is 5.48 Å². The zero-order valence-corrected chi connectivity index (χ0v) is 15.5. The van der Waals surface area contributed by atoms with E-state index >= 15 is 4.39 Å². The van der Waals surface area contributed by atoms with E-state index in [-0.39, 0.29) is 5.56 Å². The molecule has 2 aliphatic rings. The molecule has 144 valence electrons. The third kappa shape index (κ3) is 2.89. The summed E-state index contributed by atoms with van der Waals surface area (Å²) in [5, 5.41) is 9.13. The lowest BCUT2D eigenvalue weighted by Crippen LogP contribution is -2.21. The van der Waals surface area contributed by atoms with Crippen LogP contribution in [0.3, 0.4) is 0 Å². The predicted molar refractivity (Wildman–Crippen MR) is 110 cm³/mol. The number of benzene rings is 3. The number of para-hydroxylation sites is 2. The van der Waals surface area contributed by atoms with Crippen molar-refractivity contribution < 1.29 is 14.4 Å². The SMILES string of the molecule is O=C(NO)c1ccccc1-c1c(F)ccc2c1C=Nc1ccccc1N2C1CC1. The van der Waals surface area contributed by atoms with Gasteiger partial charge in [-0.25, -0.2) is 9.87 Å². The van der Waals surface area contributed by atoms with Gasteiger partial charge in [0.1, 0.15) is 5.82 Å². The minimum Gasteiger partial charge on any atom is -0.336 e. The van der Waals surface area contributed by atoms with Crippen LogP contribution in [0.25, 0.3) is 11.1 Å². The van der Waals surface area contributed by atoms with Gasteiger partial charge in [-0.05, 0) is 48.7 Å². The quantitative estimate of drug-likeness (QED) is 0.492. The van der Waals surface area contributed by atoms with E-state index in [1.165, 1.54) is 6.07 Å². The third-order valence-corrected chi connectivity index (χ3v) is 5.36. The molecule has 29 heavy (non-hydrogen) atoms. The van der Waals surface area contributed by atoms with Gasteiger partial charge in [0, 0.05) is 28.9 Å². The van der Waals surface area contributed by atoms with Crippen LogP contribution in [0.5, 0.6) is 0 Å². The molecule has 1 fully saturated rings. The van der Waals surface area contributed by atoms with Gasteiger partial charge in [-0.15, -0.1) is 0 Å². The third-order valence-electron chi connectivity index (χ3n) is 5.36. The maximum atomic E-state index is 15.1. The number of hydroxylamine groups is 1. The Morgan fingerprint density at radius 3 is 2.59 bits per heavy atom. The Morgan fingerprint density at radius 2 is 1.79 bits per heavy atom. The average molecular weight is 387 g/mol. The molecule has 2 N–H and O–H groups in total. The highest BCUT2D eigenvalue weighted by Gasteiger charge is 2.35. The smallest absolute Gasteiger partial charge is 0.275 e. The van der Waals surface area contributed by atoms with E-state index in [9.17, 15) is 4.79 Å². The summed E-state index contributed by atoms with van der Waals surface area (Å²) in [5.41, 5.74) is 5.83. The second kappa shape index (κ2) is 6.83. The van der Waals surface area contributed by atoms with Crippen LogP contribution in [0.4, 0.5) is 21.5 Å². The molecule has 6 heteroatoms. The van der Waals surface area contributed by atoms with Gasteiger partial charge < -0.3 is 4.90 Å². The first-order chi connectivity index (χ1) is 14.2. The van der Waals surface area contributed by atoms with Crippen LogP contribution in [0, 0.1) is 5.82 Å². The summed E-state index contributed by atoms with van der Waals surface area (Å²) in [6.45, 7) is 0. The van der Waals surface area contributed by atoms with E-state index in [4.69, 9.17) is 5.21 Å². The first kappa shape index (κ1) is 17.6. The Hall–Kier alpha value is -3.51. The maximum Gasteiger partial charge on any atom is 0.275 e. The van der Waals surface area contributed by atoms with Crippen molar-refractivity contribution in [3.8, 4) is 11.1 Å². The molecule has 0 atom stereocenters. The number of nitrogens with one attached hydrogen (secondary N) is 1. The molecule has 5 nitrogen and oxygen atoms in total. The predicted octanol–water partition coefficient (Wildman–Crippen LogP) is 4.98. The lowest BCUT2D eigenvalue weighted by atomic mass is 9.93. The van der Waals surface area contributed by atoms with E-state index < -0.39 is 11.7 Å². The first-order valence-electron chi connectivity index (χ1n) is 9.47. The van der Waals surface area contributed by atoms with Gasteiger partial charge in [-0.3, -0.25) is 15.0 Å². The monoisotopic (exact) mass is 387 g/mol. The van der Waals surface area contributed by atoms with Crippen molar-refractivity contribution in [1.29, 1.82) is 0 Å². The standard InChI is InChI=1S/C23H18FN3O2/c24-18-11-12-20-17(22(18)15-5-1-2-6-16(15)23(28)26-29)13-25-19-7-3-4-8-21(19)27(20)14-9-10-14/h1-8,11-14,29H,9-10H2,(H,26,28). The van der Waals surface area contributed by atoms with Gasteiger partial charge in [-0.1, -0.05) is 30.3 Å². The molecule has 3 aromatic carbocycles. The van der Waals surface area contributed by atoms with E-state index in [2.05, 4.69) is 9.89 Å². The van der Waals surface area contributed by atoms with Crippen molar-refractivity contribution in [3.63, 3.8) is 0 Å². The van der Waals surface area contributed by atoms with Gasteiger partial charge in [-0.2, -0.15) is 0 Å². The minimum absolute atomic E-state index is 0.190. The summed E-state index contributed by atoms with van der Waals surface area (Å²) >= 11 is 0. The number of amides is 1. The highest BCUT2D eigenvalue weighted by molar-refractivity contribution is 6.07. The van der Waals surface area contributed by atoms with Gasteiger partial charge in [0.25, 0.3) is 5.91 Å². The fourth-order valence-corrected chi connectivity index (χ4v) is 3.92. The topological polar surface area (TPSA) is 64.9 Å². The normalized spacial score (nSPS) is 14.8. The van der Waals surface area contributed by atoms with Crippen LogP contribution in [0.15, 0.2) is 65.7 Å². The Kier molecular flexibility index (Phi) is 4.14. The molecule has 3 aromatic rings. The van der Waals surface area contributed by atoms with Gasteiger partial charge >= 0.3 is 0 Å². The zero-order valence-electron chi connectivity index (χ0n) is 15.5. The number of carbonyl (C=O) groups is 1. The molecule has 1 amide bonds. The van der Waals surface area contributed by atoms with Gasteiger partial charge in [0.15, 0.2) is 0 Å². The molecule has 0 bridgehead atoms. The molecule has 1 saturated carbocycles. The number of hydrogen-bond acceptors (Lipinski definition) is 4. The molecule has 1 aliphatic carbocycles. The van der Waals surface area contributed by atoms with Crippen molar-refractivity contribution in [2.75, 3.05) is 4.90 Å². The number of aliphatic imine (C=N–C) groups is 1. The number of halogens is 1. The Morgan fingerprint density at radius 1 is 1.03 bits per heavy atom. The fourth-order valence-electron chi connectivity index (χ4n) is 3.92. The lowest BCUT2D eigenvalue weighted by Gasteiger charge is -2.27. The zero-order chi connectivity index (χ0) is 20.0. The highest BCUT2D eigenvalue weighted by Crippen LogP contribution is 2.47. The Bertz CT molecular complexity index is 1150. The highest BCUT2D eigenvalue weighted by atomic mass is 19.1. The lowest BCUT2D eigenvalue weighted by molar-refractivity contribution is 0.0707. The Balaban J connectivity index is 1.79. The molecule has 0 saturated heterocycles. The van der Waals surface area contributed by atoms with Crippen LogP contribution in [0.1, 0.15) is 28.8 Å². The van der Waals surface area contributed by atoms with Crippen molar-refractivity contribution >= 4 is 29.2 Å². The molecule has 0 radical (unpaired) electrons. The van der Waals surface area contributed by atoms with Gasteiger partial charge in [0.05, 0.1) is 17.1 Å². The summed E-state index contributed by atoms with van der Waals surface area (Å²) in [4.78, 5) is 19.0. The number of carbonyl (C=O) groups excluding carboxylic acids is 1. The van der Waals surface area contributed by atoms with Crippen molar-refractivity contribution in [2.45, 2.75) is 18.9 Å². The van der Waals surface area contributed by atoms with Gasteiger partial charge in [0.2, 0.25) is 0 Å². The molecule has 1 aliphatic heterocycles. The van der Waals surface area contributed by atoms with Crippen LogP contribution in [0.2, 0.25) is 0 Å². The molecule has 1 heterocycles. The van der Waals surface area contributed by atoms with E-state index in [1.54, 1.807) is 42.0 Å². The summed E-state index contributed by atoms with van der Waals surface area (Å²) < 4.78 is 15.1. The molecular formula is C23H18FN3O2. The first-order valence-corrected chi connectivity index (χ1v) is 9.47. The average Bonchev–Trinajstić information content (AvgIpc) is 3.59. The van der Waals surface area contributed by atoms with Crippen LogP contribution in [-0.2, 0) is 0 Å². The number of hydrogen-bond donors (Lipinski definition) is 2. The molecule has 0 spiro atoms. The van der Waals surface area contributed by atoms with Crippen LogP contribution >= 0.6 is 0 Å². The molecule has 0 unspecified atom stereocenters. The number of anilines is 2. The Labute approximate surface area is 167 Å². The number of rotatable bonds is 3. The van der Waals surface area contributed by atoms with E-state index in [0.29, 0.717) is 22.7 Å². The van der Waals surface area contributed by atoms with Crippen LogP contribution in [-0.4, -0.2) is 23.4 Å². The number of nitrogens with zero attached hydrogens (tertiary/aromatic N) is 2. The molecule has 5 rings (SSSR count). The minimum atomic E-state index is -0.689. The second-order valence-electron chi connectivity index (χ2n) is 7.19. The summed E-state index contributed by atoms with van der Waals surface area (Å²) in [7, 11) is 0. The summed E-state index contributed by atoms with van der Waals surface area (Å²) in [5.74, 6) is -1.14. The molecular weight excluding hydrogens is 369 g/mol. The maximum absolute atomic E-state index is 15.1. The summed E-state index contributed by atoms with van der Waals surface area (Å²) in [6.07, 6.45) is 3.79. The fraction of sp³-hybridized carbons (Fsp3) is 0.130. The van der Waals surface area contributed by atoms with E-state index in [0.717, 1.165) is 29.9 Å². The number of fused-ring (bicyclic) bond motifs is 2. The van der Waals surface area contributed by atoms with E-state index in [1.807, 2.05) is 24.3 Å². The van der Waals surface area contributed by atoms with Crippen molar-refractivity contribution in [3.05, 3.63) is 77.6 Å². The van der Waals surface area contributed by atoms with Crippen LogP contribution < -0.4 is 10.4 Å². The summed E-state index contributed by atoms with van der Waals surface area (Å²) in [6, 6.07) is 18.1. The second-order valence-corrected chi connectivity index (χ2v) is 7.19. The largest absolute Gasteiger partial charge is 0.336 e. The molecule has 0 aromatic heterocycles. The van der Waals surface area contributed by atoms with Crippen molar-refractivity contribution in [2.24, 2.45) is 4.99 Å².